The van der Waals surface area contributed by atoms with Crippen molar-refractivity contribution in [2.24, 2.45) is 0 Å². The maximum Gasteiger partial charge on any atom is 0.323 e. The molecule has 0 unspecified atom stereocenters. The molecule has 0 bridgehead atoms. The van der Waals surface area contributed by atoms with Crippen LogP contribution in [-0.4, -0.2) is 28.1 Å². The van der Waals surface area contributed by atoms with Crippen LogP contribution in [0.5, 0.6) is 5.75 Å². The Bertz CT molecular complexity index is 1230. The fraction of sp³-hybridized carbons (Fsp3) is 0.174. The molecule has 7 nitrogen and oxygen atoms in total. The minimum atomic E-state index is -3.62. The standard InChI is InChI=1S/C23H23N3O4S/c1-16-8-11-22(30-2)20(14-16)25-23(27)24-18-9-10-21-17(15-18)12-13-26(21)31(28,29)19-6-4-3-5-7-19/h3-11,14-15H,12-13H2,1-2H3,(H2,24,25,27). The molecule has 4 rings (SSSR count). The van der Waals surface area contributed by atoms with Crippen molar-refractivity contribution in [3.8, 4) is 5.75 Å². The highest BCUT2D eigenvalue weighted by Crippen LogP contribution is 2.34. The number of hydrogen-bond donors (Lipinski definition) is 2. The number of amides is 2. The van der Waals surface area contributed by atoms with E-state index >= 15 is 0 Å². The van der Waals surface area contributed by atoms with Crippen molar-refractivity contribution in [1.82, 2.24) is 0 Å². The molecule has 8 heteroatoms. The fourth-order valence-electron chi connectivity index (χ4n) is 3.62. The summed E-state index contributed by atoms with van der Waals surface area (Å²) in [4.78, 5) is 12.7. The van der Waals surface area contributed by atoms with Crippen molar-refractivity contribution < 1.29 is 17.9 Å². The molecule has 0 fully saturated rings. The lowest BCUT2D eigenvalue weighted by Gasteiger charge is -2.20. The maximum absolute atomic E-state index is 13.0. The van der Waals surface area contributed by atoms with Crippen LogP contribution in [0.4, 0.5) is 21.9 Å². The zero-order valence-electron chi connectivity index (χ0n) is 17.3. The van der Waals surface area contributed by atoms with Crippen LogP contribution in [0.15, 0.2) is 71.6 Å². The average molecular weight is 438 g/mol. The Labute approximate surface area is 181 Å². The molecule has 3 aromatic carbocycles. The third-order valence-corrected chi connectivity index (χ3v) is 6.95. The number of urea groups is 1. The van der Waals surface area contributed by atoms with Crippen LogP contribution in [-0.2, 0) is 16.4 Å². The number of carbonyl (C=O) groups excluding carboxylic acids is 1. The summed E-state index contributed by atoms with van der Waals surface area (Å²) in [5.74, 6) is 0.566. The first-order chi connectivity index (χ1) is 14.9. The lowest BCUT2D eigenvalue weighted by atomic mass is 10.1. The van der Waals surface area contributed by atoms with E-state index in [2.05, 4.69) is 10.6 Å². The second-order valence-electron chi connectivity index (χ2n) is 7.27. The van der Waals surface area contributed by atoms with Crippen LogP contribution >= 0.6 is 0 Å². The van der Waals surface area contributed by atoms with E-state index in [0.717, 1.165) is 11.1 Å². The van der Waals surface area contributed by atoms with E-state index in [-0.39, 0.29) is 4.90 Å². The van der Waals surface area contributed by atoms with E-state index in [1.165, 1.54) is 4.31 Å². The lowest BCUT2D eigenvalue weighted by molar-refractivity contribution is 0.262. The number of nitrogens with zero attached hydrogens (tertiary/aromatic N) is 1. The van der Waals surface area contributed by atoms with E-state index in [0.29, 0.717) is 35.8 Å². The molecular weight excluding hydrogens is 414 g/mol. The van der Waals surface area contributed by atoms with E-state index in [1.807, 2.05) is 25.1 Å². The van der Waals surface area contributed by atoms with Crippen molar-refractivity contribution in [1.29, 1.82) is 0 Å². The Morgan fingerprint density at radius 3 is 2.52 bits per heavy atom. The molecule has 0 aliphatic carbocycles. The summed E-state index contributed by atoms with van der Waals surface area (Å²) in [5.41, 5.74) is 3.65. The van der Waals surface area contributed by atoms with Gasteiger partial charge in [-0.25, -0.2) is 13.2 Å². The fourth-order valence-corrected chi connectivity index (χ4v) is 5.15. The molecule has 31 heavy (non-hydrogen) atoms. The maximum atomic E-state index is 13.0. The Kier molecular flexibility index (Phi) is 5.56. The van der Waals surface area contributed by atoms with Gasteiger partial charge < -0.3 is 15.4 Å². The van der Waals surface area contributed by atoms with Gasteiger partial charge >= 0.3 is 6.03 Å². The largest absolute Gasteiger partial charge is 0.495 e. The van der Waals surface area contributed by atoms with Gasteiger partial charge in [-0.05, 0) is 66.9 Å². The van der Waals surface area contributed by atoms with Crippen LogP contribution in [0, 0.1) is 6.92 Å². The second kappa shape index (κ2) is 8.31. The van der Waals surface area contributed by atoms with Crippen molar-refractivity contribution >= 4 is 33.1 Å². The predicted octanol–water partition coefficient (Wildman–Crippen LogP) is 4.40. The molecule has 0 aromatic heterocycles. The molecule has 2 N–H and O–H groups in total. The highest BCUT2D eigenvalue weighted by Gasteiger charge is 2.30. The summed E-state index contributed by atoms with van der Waals surface area (Å²) in [6, 6.07) is 18.7. The molecule has 0 saturated carbocycles. The van der Waals surface area contributed by atoms with Gasteiger partial charge in [-0.15, -0.1) is 0 Å². The van der Waals surface area contributed by atoms with Gasteiger partial charge in [-0.3, -0.25) is 4.31 Å². The SMILES string of the molecule is COc1ccc(C)cc1NC(=O)Nc1ccc2c(c1)CCN2S(=O)(=O)c1ccccc1. The molecule has 1 aliphatic rings. The highest BCUT2D eigenvalue weighted by molar-refractivity contribution is 7.92. The predicted molar refractivity (Wildman–Crippen MR) is 121 cm³/mol. The lowest BCUT2D eigenvalue weighted by Crippen LogP contribution is -2.29. The van der Waals surface area contributed by atoms with Gasteiger partial charge in [0.2, 0.25) is 0 Å². The third kappa shape index (κ3) is 4.20. The zero-order chi connectivity index (χ0) is 22.0. The minimum absolute atomic E-state index is 0.261. The first-order valence-corrected chi connectivity index (χ1v) is 11.3. The van der Waals surface area contributed by atoms with Gasteiger partial charge in [0.05, 0.1) is 23.4 Å². The molecule has 1 aliphatic heterocycles. The molecule has 1 heterocycles. The monoisotopic (exact) mass is 437 g/mol. The summed E-state index contributed by atoms with van der Waals surface area (Å²) < 4.78 is 32.7. The topological polar surface area (TPSA) is 87.7 Å². The van der Waals surface area contributed by atoms with Crippen LogP contribution in [0.2, 0.25) is 0 Å². The number of carbonyl (C=O) groups is 1. The number of sulfonamides is 1. The second-order valence-corrected chi connectivity index (χ2v) is 9.13. The van der Waals surface area contributed by atoms with E-state index < -0.39 is 16.1 Å². The van der Waals surface area contributed by atoms with E-state index in [1.54, 1.807) is 55.6 Å². The van der Waals surface area contributed by atoms with Gasteiger partial charge in [0, 0.05) is 12.2 Å². The van der Waals surface area contributed by atoms with Gasteiger partial charge in [-0.1, -0.05) is 24.3 Å². The number of nitrogens with one attached hydrogen (secondary N) is 2. The van der Waals surface area contributed by atoms with Crippen LogP contribution in [0.3, 0.4) is 0 Å². The zero-order valence-corrected chi connectivity index (χ0v) is 18.1. The summed E-state index contributed by atoms with van der Waals surface area (Å²) in [6.07, 6.45) is 0.574. The summed E-state index contributed by atoms with van der Waals surface area (Å²) in [6.45, 7) is 2.29. The van der Waals surface area contributed by atoms with Crippen molar-refractivity contribution in [2.75, 3.05) is 28.6 Å². The first kappa shape index (κ1) is 20.7. The molecule has 160 valence electrons. The molecule has 3 aromatic rings. The van der Waals surface area contributed by atoms with Gasteiger partial charge in [0.1, 0.15) is 5.75 Å². The number of fused-ring (bicyclic) bond motifs is 1. The Morgan fingerprint density at radius 1 is 1.00 bits per heavy atom. The third-order valence-electron chi connectivity index (χ3n) is 5.12. The van der Waals surface area contributed by atoms with Crippen LogP contribution < -0.4 is 19.7 Å². The number of rotatable bonds is 5. The van der Waals surface area contributed by atoms with Crippen molar-refractivity contribution in [3.05, 3.63) is 77.9 Å². The Balaban J connectivity index is 1.51. The molecule has 0 saturated heterocycles. The number of aryl methyl sites for hydroxylation is 1. The van der Waals surface area contributed by atoms with Crippen molar-refractivity contribution in [3.63, 3.8) is 0 Å². The van der Waals surface area contributed by atoms with E-state index in [4.69, 9.17) is 4.74 Å². The molecule has 0 atom stereocenters. The number of ether oxygens (including phenoxy) is 1. The summed E-state index contributed by atoms with van der Waals surface area (Å²) >= 11 is 0. The number of anilines is 3. The first-order valence-electron chi connectivity index (χ1n) is 9.82. The molecular formula is C23H23N3O4S. The minimum Gasteiger partial charge on any atom is -0.495 e. The summed E-state index contributed by atoms with van der Waals surface area (Å²) in [5, 5.41) is 5.59. The average Bonchev–Trinajstić information content (AvgIpc) is 3.18. The number of methoxy groups -OCH3 is 1. The Hall–Kier alpha value is -3.52. The van der Waals surface area contributed by atoms with E-state index in [9.17, 15) is 13.2 Å². The van der Waals surface area contributed by atoms with Gasteiger partial charge in [0.15, 0.2) is 0 Å². The molecule has 2 amide bonds. The molecule has 0 radical (unpaired) electrons. The normalized spacial score (nSPS) is 12.9. The number of hydrogen-bond acceptors (Lipinski definition) is 4. The molecule has 0 spiro atoms. The highest BCUT2D eigenvalue weighted by atomic mass is 32.2. The van der Waals surface area contributed by atoms with Crippen molar-refractivity contribution in [2.45, 2.75) is 18.2 Å². The van der Waals surface area contributed by atoms with Gasteiger partial charge in [-0.2, -0.15) is 0 Å². The number of benzene rings is 3. The smallest absolute Gasteiger partial charge is 0.323 e. The van der Waals surface area contributed by atoms with Crippen LogP contribution in [0.1, 0.15) is 11.1 Å². The Morgan fingerprint density at radius 2 is 1.77 bits per heavy atom. The van der Waals surface area contributed by atoms with Gasteiger partial charge in [0.25, 0.3) is 10.0 Å². The quantitative estimate of drug-likeness (QED) is 0.619. The summed E-state index contributed by atoms with van der Waals surface area (Å²) in [7, 11) is -2.08. The van der Waals surface area contributed by atoms with Crippen LogP contribution in [0.25, 0.3) is 0 Å².